The van der Waals surface area contributed by atoms with Crippen molar-refractivity contribution in [3.05, 3.63) is 47.1 Å². The summed E-state index contributed by atoms with van der Waals surface area (Å²) in [6.45, 7) is 5.37. The van der Waals surface area contributed by atoms with E-state index in [9.17, 15) is 28.2 Å². The van der Waals surface area contributed by atoms with Gasteiger partial charge in [-0.15, -0.1) is 6.58 Å². The summed E-state index contributed by atoms with van der Waals surface area (Å²) in [5, 5.41) is 23.2. The number of amides is 2. The van der Waals surface area contributed by atoms with Gasteiger partial charge in [-0.05, 0) is 69.5 Å². The van der Waals surface area contributed by atoms with Crippen molar-refractivity contribution in [3.63, 3.8) is 0 Å². The summed E-state index contributed by atoms with van der Waals surface area (Å²) in [7, 11) is -3.67. The molecule has 0 unspecified atom stereocenters. The Labute approximate surface area is 227 Å². The fraction of sp³-hybridized carbons (Fsp3) is 0.571. The summed E-state index contributed by atoms with van der Waals surface area (Å²) in [5.41, 5.74) is 1.50. The van der Waals surface area contributed by atoms with Crippen LogP contribution in [0.1, 0.15) is 56.1 Å². The van der Waals surface area contributed by atoms with E-state index >= 15 is 0 Å². The van der Waals surface area contributed by atoms with Crippen molar-refractivity contribution >= 4 is 21.9 Å². The van der Waals surface area contributed by atoms with Crippen LogP contribution in [0.3, 0.4) is 0 Å². The van der Waals surface area contributed by atoms with E-state index in [0.717, 1.165) is 30.5 Å². The van der Waals surface area contributed by atoms with Gasteiger partial charge in [-0.2, -0.15) is 8.42 Å². The topological polar surface area (TPSA) is 145 Å². The third-order valence-corrected chi connectivity index (χ3v) is 9.66. The number of imide groups is 1. The molecule has 210 valence electrons. The van der Waals surface area contributed by atoms with Crippen LogP contribution >= 0.6 is 0 Å². The summed E-state index contributed by atoms with van der Waals surface area (Å²) < 4.78 is 32.4. The number of rotatable bonds is 3. The first-order valence-corrected chi connectivity index (χ1v) is 15.4. The number of aromatic hydroxyl groups is 1. The monoisotopic (exact) mass is 558 g/mol. The zero-order chi connectivity index (χ0) is 27.9. The number of aliphatic hydroxyl groups is 1. The lowest BCUT2D eigenvalue weighted by molar-refractivity contribution is -0.199. The molecule has 3 heterocycles. The van der Waals surface area contributed by atoms with E-state index in [1.807, 2.05) is 12.1 Å². The number of hydrogen-bond acceptors (Lipinski definition) is 8. The molecular formula is C28H34N2O8S. The first-order chi connectivity index (χ1) is 18.4. The molecule has 0 aromatic heterocycles. The Morgan fingerprint density at radius 1 is 1.15 bits per heavy atom. The third kappa shape index (κ3) is 3.66. The van der Waals surface area contributed by atoms with E-state index in [1.165, 1.54) is 4.90 Å². The summed E-state index contributed by atoms with van der Waals surface area (Å²) in [6, 6.07) is 3.05. The minimum absolute atomic E-state index is 0.0621. The molecule has 3 N–H and O–H groups in total. The molecule has 2 bridgehead atoms. The van der Waals surface area contributed by atoms with Crippen LogP contribution in [0, 0.1) is 0 Å². The van der Waals surface area contributed by atoms with Gasteiger partial charge in [0.2, 0.25) is 0 Å². The number of carbonyl (C=O) groups is 2. The highest BCUT2D eigenvalue weighted by atomic mass is 32.2. The summed E-state index contributed by atoms with van der Waals surface area (Å²) in [6.07, 6.45) is 7.49. The van der Waals surface area contributed by atoms with Gasteiger partial charge in [0, 0.05) is 29.3 Å². The van der Waals surface area contributed by atoms with Crippen molar-refractivity contribution < 1.29 is 37.5 Å². The van der Waals surface area contributed by atoms with Gasteiger partial charge >= 0.3 is 0 Å². The van der Waals surface area contributed by atoms with Crippen molar-refractivity contribution in [1.29, 1.82) is 0 Å². The van der Waals surface area contributed by atoms with E-state index in [1.54, 1.807) is 6.07 Å². The van der Waals surface area contributed by atoms with Crippen LogP contribution in [0.4, 0.5) is 0 Å². The maximum absolute atomic E-state index is 13.5. The van der Waals surface area contributed by atoms with Gasteiger partial charge in [0.1, 0.15) is 6.10 Å². The third-order valence-electron chi connectivity index (χ3n) is 9.66. The average Bonchev–Trinajstić information content (AvgIpc) is 3.35. The quantitative estimate of drug-likeness (QED) is 0.288. The van der Waals surface area contributed by atoms with Crippen LogP contribution in [0.25, 0.3) is 0 Å². The molecule has 39 heavy (non-hydrogen) atoms. The lowest BCUT2D eigenvalue weighted by Crippen LogP contribution is -2.78. The molecule has 1 aromatic rings. The second-order valence-electron chi connectivity index (χ2n) is 11.6. The molecule has 3 aliphatic carbocycles. The Hall–Kier alpha value is -2.73. The van der Waals surface area contributed by atoms with E-state index in [-0.39, 0.29) is 23.6 Å². The molecular weight excluding hydrogens is 524 g/mol. The fourth-order valence-electron chi connectivity index (χ4n) is 8.32. The number of piperidine rings is 1. The number of carbonyl (C=O) groups excluding carboxylic acids is 2. The lowest BCUT2D eigenvalue weighted by atomic mass is 9.48. The highest BCUT2D eigenvalue weighted by molar-refractivity contribution is 7.85. The highest BCUT2D eigenvalue weighted by Crippen LogP contribution is 2.66. The molecule has 2 amide bonds. The van der Waals surface area contributed by atoms with Gasteiger partial charge in [-0.3, -0.25) is 23.9 Å². The summed E-state index contributed by atoms with van der Waals surface area (Å²) in [4.78, 5) is 30.7. The predicted octanol–water partition coefficient (Wildman–Crippen LogP) is 1.84. The molecule has 0 radical (unpaired) electrons. The van der Waals surface area contributed by atoms with Crippen molar-refractivity contribution in [2.75, 3.05) is 19.3 Å². The maximum Gasteiger partial charge on any atom is 0.261 e. The number of phenols is 1. The van der Waals surface area contributed by atoms with Crippen molar-refractivity contribution in [1.82, 2.24) is 9.80 Å². The van der Waals surface area contributed by atoms with Gasteiger partial charge in [0.05, 0.1) is 23.3 Å². The normalized spacial score (nSPS) is 34.6. The number of nitrogens with zero attached hydrogens (tertiary/aromatic N) is 2. The zero-order valence-electron chi connectivity index (χ0n) is 21.9. The Balaban J connectivity index is 0.000000510. The van der Waals surface area contributed by atoms with Crippen LogP contribution in [0.2, 0.25) is 0 Å². The zero-order valence-corrected chi connectivity index (χ0v) is 22.7. The predicted molar refractivity (Wildman–Crippen MR) is 141 cm³/mol. The molecule has 7 rings (SSSR count). The highest BCUT2D eigenvalue weighted by Gasteiger charge is 2.74. The minimum atomic E-state index is -3.67. The SMILES string of the molecule is C=CCN1CC[C@]23c4c5ccc(O)c4O[C@H]2[C@H](N2C(=O)C4=C(CCCC4)C2=O)CC[C@@]3(O)[C@H]1C5.CS(=O)(=O)O. The number of ether oxygens (including phenoxy) is 1. The molecule has 2 fully saturated rings. The van der Waals surface area contributed by atoms with Crippen LogP contribution in [-0.4, -0.2) is 87.9 Å². The van der Waals surface area contributed by atoms with Crippen molar-refractivity contribution in [2.45, 2.75) is 80.6 Å². The molecule has 3 aliphatic heterocycles. The number of hydrogen-bond donors (Lipinski definition) is 3. The number of phenolic OH excluding ortho intramolecular Hbond substituents is 1. The number of benzene rings is 1. The van der Waals surface area contributed by atoms with E-state index < -0.39 is 33.3 Å². The molecule has 6 aliphatic rings. The summed E-state index contributed by atoms with van der Waals surface area (Å²) >= 11 is 0. The summed E-state index contributed by atoms with van der Waals surface area (Å²) in [5.74, 6) is 0.145. The Morgan fingerprint density at radius 2 is 1.79 bits per heavy atom. The molecule has 1 saturated carbocycles. The van der Waals surface area contributed by atoms with Crippen molar-refractivity contribution in [2.24, 2.45) is 0 Å². The minimum Gasteiger partial charge on any atom is -0.504 e. The molecule has 11 heteroatoms. The van der Waals surface area contributed by atoms with Gasteiger partial charge in [0.25, 0.3) is 21.9 Å². The second kappa shape index (κ2) is 8.89. The molecule has 5 atom stereocenters. The Kier molecular flexibility index (Phi) is 6.04. The number of likely N-dealkylation sites (tertiary alicyclic amines) is 1. The van der Waals surface area contributed by atoms with Crippen molar-refractivity contribution in [3.8, 4) is 11.5 Å². The first kappa shape index (κ1) is 26.5. The van der Waals surface area contributed by atoms with Crippen LogP contribution in [0.5, 0.6) is 11.5 Å². The maximum atomic E-state index is 13.5. The van der Waals surface area contributed by atoms with Crippen LogP contribution in [0.15, 0.2) is 35.9 Å². The smallest absolute Gasteiger partial charge is 0.261 e. The molecule has 10 nitrogen and oxygen atoms in total. The molecule has 1 aromatic carbocycles. The first-order valence-electron chi connectivity index (χ1n) is 13.5. The van der Waals surface area contributed by atoms with Crippen LogP contribution < -0.4 is 4.74 Å². The van der Waals surface area contributed by atoms with Crippen LogP contribution in [-0.2, 0) is 31.5 Å². The van der Waals surface area contributed by atoms with E-state index in [2.05, 4.69) is 11.5 Å². The van der Waals surface area contributed by atoms with Gasteiger partial charge < -0.3 is 14.9 Å². The lowest BCUT2D eigenvalue weighted by Gasteiger charge is -2.64. The molecule has 1 saturated heterocycles. The van der Waals surface area contributed by atoms with Gasteiger partial charge in [-0.25, -0.2) is 0 Å². The Bertz CT molecular complexity index is 1380. The van der Waals surface area contributed by atoms with E-state index in [4.69, 9.17) is 9.29 Å². The van der Waals surface area contributed by atoms with Gasteiger partial charge in [0.15, 0.2) is 11.5 Å². The van der Waals surface area contributed by atoms with E-state index in [0.29, 0.717) is 68.2 Å². The largest absolute Gasteiger partial charge is 0.504 e. The average molecular weight is 559 g/mol. The second-order valence-corrected chi connectivity index (χ2v) is 13.1. The van der Waals surface area contributed by atoms with Gasteiger partial charge in [-0.1, -0.05) is 12.1 Å². The standard InChI is InChI=1S/C27H30N2O5.CH4O3S/c1-2-12-28-13-11-26-21-15-7-8-19(30)22(21)34-23(26)18(9-10-27(26,33)20(28)14-15)29-24(31)16-5-3-4-6-17(16)25(29)32;1-5(2,3)4/h2,7-8,18,20,23,30,33H,1,3-6,9-14H2;1H3,(H,2,3,4)/t18-,20-,23+,26+,27-;/m1./s1. The Morgan fingerprint density at radius 3 is 2.41 bits per heavy atom. The fourth-order valence-corrected chi connectivity index (χ4v) is 8.32. The molecule has 1 spiro atoms.